The van der Waals surface area contributed by atoms with Crippen molar-refractivity contribution in [2.24, 2.45) is 5.92 Å². The molecular weight excluding hydrogens is 480 g/mol. The highest BCUT2D eigenvalue weighted by Gasteiger charge is 2.31. The SMILES string of the molecule is Nc1ccc(C=CC(=O)NCC2=CC3CC(C4=CC=C(CC(=O)NCCO)CC4)=CC(Cl)=C3O2)cn1. The van der Waals surface area contributed by atoms with Crippen LogP contribution in [-0.4, -0.2) is 41.6 Å². The van der Waals surface area contributed by atoms with Gasteiger partial charge in [0.05, 0.1) is 18.2 Å². The second-order valence-corrected chi connectivity index (χ2v) is 9.17. The molecule has 2 aliphatic carbocycles. The van der Waals surface area contributed by atoms with Crippen LogP contribution in [0.2, 0.25) is 0 Å². The number of hydrogen-bond acceptors (Lipinski definition) is 6. The molecule has 8 nitrogen and oxygen atoms in total. The lowest BCUT2D eigenvalue weighted by Crippen LogP contribution is -2.26. The highest BCUT2D eigenvalue weighted by molar-refractivity contribution is 6.31. The lowest BCUT2D eigenvalue weighted by Gasteiger charge is -2.23. The van der Waals surface area contributed by atoms with Gasteiger partial charge in [0.25, 0.3) is 0 Å². The van der Waals surface area contributed by atoms with E-state index in [-0.39, 0.29) is 37.4 Å². The quantitative estimate of drug-likeness (QED) is 0.379. The summed E-state index contributed by atoms with van der Waals surface area (Å²) in [5, 5.41) is 14.9. The third-order valence-corrected chi connectivity index (χ3v) is 6.38. The number of pyridine rings is 1. The summed E-state index contributed by atoms with van der Waals surface area (Å²) >= 11 is 6.55. The molecule has 2 heterocycles. The number of ether oxygens (including phenoxy) is 1. The zero-order chi connectivity index (χ0) is 25.5. The summed E-state index contributed by atoms with van der Waals surface area (Å²) in [5.41, 5.74) is 9.76. The van der Waals surface area contributed by atoms with E-state index < -0.39 is 0 Å². The number of hydrogen-bond donors (Lipinski definition) is 4. The summed E-state index contributed by atoms with van der Waals surface area (Å²) in [7, 11) is 0. The molecule has 0 aromatic carbocycles. The maximum atomic E-state index is 12.2. The first-order valence-corrected chi connectivity index (χ1v) is 12.2. The molecule has 5 N–H and O–H groups in total. The van der Waals surface area contributed by atoms with Crippen molar-refractivity contribution in [3.05, 3.63) is 87.5 Å². The Morgan fingerprint density at radius 2 is 2.08 bits per heavy atom. The number of nitrogen functional groups attached to an aromatic ring is 1. The number of rotatable bonds is 9. The van der Waals surface area contributed by atoms with E-state index in [1.165, 1.54) is 11.6 Å². The van der Waals surface area contributed by atoms with Crippen molar-refractivity contribution < 1.29 is 19.4 Å². The molecule has 3 aliphatic rings. The van der Waals surface area contributed by atoms with Gasteiger partial charge in [-0.3, -0.25) is 9.59 Å². The lowest BCUT2D eigenvalue weighted by molar-refractivity contribution is -0.120. The molecule has 1 aromatic heterocycles. The molecular formula is C27H29ClN4O4. The van der Waals surface area contributed by atoms with Crippen molar-refractivity contribution >= 4 is 35.3 Å². The van der Waals surface area contributed by atoms with Crippen molar-refractivity contribution in [2.75, 3.05) is 25.4 Å². The molecule has 0 fully saturated rings. The number of halogens is 1. The molecule has 0 radical (unpaired) electrons. The van der Waals surface area contributed by atoms with Crippen LogP contribution in [0.3, 0.4) is 0 Å². The van der Waals surface area contributed by atoms with Gasteiger partial charge in [-0.05, 0) is 66.3 Å². The molecule has 0 spiro atoms. The monoisotopic (exact) mass is 508 g/mol. The Morgan fingerprint density at radius 1 is 1.22 bits per heavy atom. The van der Waals surface area contributed by atoms with E-state index in [1.54, 1.807) is 24.4 Å². The van der Waals surface area contributed by atoms with E-state index in [1.807, 2.05) is 18.2 Å². The van der Waals surface area contributed by atoms with Gasteiger partial charge in [0.15, 0.2) is 0 Å². The number of nitrogens with one attached hydrogen (secondary N) is 2. The van der Waals surface area contributed by atoms with Gasteiger partial charge in [-0.1, -0.05) is 29.3 Å². The van der Waals surface area contributed by atoms with E-state index >= 15 is 0 Å². The van der Waals surface area contributed by atoms with Crippen molar-refractivity contribution in [3.8, 4) is 0 Å². The van der Waals surface area contributed by atoms with E-state index in [9.17, 15) is 9.59 Å². The number of aromatic nitrogens is 1. The molecule has 9 heteroatoms. The van der Waals surface area contributed by atoms with Crippen LogP contribution in [0.25, 0.3) is 6.08 Å². The third-order valence-electron chi connectivity index (χ3n) is 6.08. The molecule has 0 bridgehead atoms. The summed E-state index contributed by atoms with van der Waals surface area (Å²) in [6, 6.07) is 3.46. The number of nitrogens with two attached hydrogens (primary N) is 1. The summed E-state index contributed by atoms with van der Waals surface area (Å²) in [4.78, 5) is 28.1. The number of fused-ring (bicyclic) bond motifs is 1. The smallest absolute Gasteiger partial charge is 0.244 e. The fourth-order valence-corrected chi connectivity index (χ4v) is 4.56. The molecule has 2 amide bonds. The summed E-state index contributed by atoms with van der Waals surface area (Å²) in [5.74, 6) is 1.50. The van der Waals surface area contributed by atoms with Crippen molar-refractivity contribution in [2.45, 2.75) is 25.7 Å². The van der Waals surface area contributed by atoms with Gasteiger partial charge >= 0.3 is 0 Å². The Hall–Kier alpha value is -3.62. The third kappa shape index (κ3) is 6.74. The van der Waals surface area contributed by atoms with E-state index in [2.05, 4.69) is 21.7 Å². The average molecular weight is 509 g/mol. The number of nitrogens with zero attached hydrogens (tertiary/aromatic N) is 1. The number of carbonyl (C=O) groups is 2. The van der Waals surface area contributed by atoms with Crippen LogP contribution in [0.4, 0.5) is 5.82 Å². The average Bonchev–Trinajstić information content (AvgIpc) is 3.30. The van der Waals surface area contributed by atoms with E-state index in [4.69, 9.17) is 27.2 Å². The minimum absolute atomic E-state index is 0.0244. The predicted octanol–water partition coefficient (Wildman–Crippen LogP) is 3.25. The molecule has 1 aromatic rings. The summed E-state index contributed by atoms with van der Waals surface area (Å²) in [6.07, 6.45) is 15.5. The first-order chi connectivity index (χ1) is 17.4. The first kappa shape index (κ1) is 25.5. The summed E-state index contributed by atoms with van der Waals surface area (Å²) < 4.78 is 5.94. The predicted molar refractivity (Wildman–Crippen MR) is 139 cm³/mol. The molecule has 4 rings (SSSR count). The van der Waals surface area contributed by atoms with Gasteiger partial charge in [-0.25, -0.2) is 4.98 Å². The van der Waals surface area contributed by atoms with Crippen LogP contribution in [0.15, 0.2) is 82.0 Å². The number of amides is 2. The van der Waals surface area contributed by atoms with Crippen LogP contribution < -0.4 is 16.4 Å². The van der Waals surface area contributed by atoms with Gasteiger partial charge < -0.3 is 26.2 Å². The van der Waals surface area contributed by atoms with Crippen molar-refractivity contribution in [1.29, 1.82) is 0 Å². The number of carbonyl (C=O) groups excluding carboxylic acids is 2. The minimum atomic E-state index is -0.245. The Bertz CT molecular complexity index is 1210. The van der Waals surface area contributed by atoms with Crippen LogP contribution in [0, 0.1) is 5.92 Å². The number of allylic oxidation sites excluding steroid dienone is 7. The number of aliphatic hydroxyl groups excluding tert-OH is 1. The van der Waals surface area contributed by atoms with Gasteiger partial charge in [-0.15, -0.1) is 0 Å². The first-order valence-electron chi connectivity index (χ1n) is 11.8. The highest BCUT2D eigenvalue weighted by Crippen LogP contribution is 2.42. The molecule has 1 aliphatic heterocycles. The topological polar surface area (TPSA) is 127 Å². The molecule has 1 atom stereocenters. The lowest BCUT2D eigenvalue weighted by atomic mass is 9.84. The van der Waals surface area contributed by atoms with Crippen molar-refractivity contribution in [1.82, 2.24) is 15.6 Å². The molecule has 36 heavy (non-hydrogen) atoms. The van der Waals surface area contributed by atoms with Crippen LogP contribution in [0.5, 0.6) is 0 Å². The zero-order valence-corrected chi connectivity index (χ0v) is 20.6. The standard InChI is InChI=1S/C27H29ClN4O4/c28-23-14-20(19-5-1-17(2-6-19)11-26(35)30-9-10-33)12-21-13-22(36-27(21)23)16-32-25(34)8-4-18-3-7-24(29)31-15-18/h1,3-5,7-8,13-15,21,33H,2,6,9-12,16H2,(H2,29,31)(H,30,35)(H,32,34). The molecule has 188 valence electrons. The minimum Gasteiger partial charge on any atom is -0.462 e. The van der Waals surface area contributed by atoms with Gasteiger partial charge in [0, 0.05) is 31.2 Å². The maximum absolute atomic E-state index is 12.2. The summed E-state index contributed by atoms with van der Waals surface area (Å²) in [6.45, 7) is 0.468. The number of aliphatic hydroxyl groups is 1. The van der Waals surface area contributed by atoms with Crippen molar-refractivity contribution in [3.63, 3.8) is 0 Å². The second-order valence-electron chi connectivity index (χ2n) is 8.76. The van der Waals surface area contributed by atoms with Gasteiger partial charge in [0.2, 0.25) is 11.8 Å². The van der Waals surface area contributed by atoms with E-state index in [0.717, 1.165) is 36.0 Å². The second kappa shape index (κ2) is 11.9. The Labute approximate surface area is 214 Å². The molecule has 0 saturated carbocycles. The maximum Gasteiger partial charge on any atom is 0.244 e. The van der Waals surface area contributed by atoms with E-state index in [0.29, 0.717) is 28.8 Å². The molecule has 0 saturated heterocycles. The number of anilines is 1. The Balaban J connectivity index is 1.31. The Kier molecular flexibility index (Phi) is 8.40. The largest absolute Gasteiger partial charge is 0.462 e. The fraction of sp³-hybridized carbons (Fsp3) is 0.296. The highest BCUT2D eigenvalue weighted by atomic mass is 35.5. The Morgan fingerprint density at radius 3 is 2.81 bits per heavy atom. The normalized spacial score (nSPS) is 19.1. The van der Waals surface area contributed by atoms with Gasteiger partial charge in [0.1, 0.15) is 17.3 Å². The zero-order valence-electron chi connectivity index (χ0n) is 19.8. The molecule has 1 unspecified atom stereocenters. The fourth-order valence-electron chi connectivity index (χ4n) is 4.25. The van der Waals surface area contributed by atoms with Crippen LogP contribution in [0.1, 0.15) is 31.2 Å². The van der Waals surface area contributed by atoms with Crippen LogP contribution >= 0.6 is 11.6 Å². The van der Waals surface area contributed by atoms with Gasteiger partial charge in [-0.2, -0.15) is 0 Å². The van der Waals surface area contributed by atoms with Crippen LogP contribution in [-0.2, 0) is 14.3 Å².